The van der Waals surface area contributed by atoms with Gasteiger partial charge in [0.2, 0.25) is 12.7 Å². The minimum Gasteiger partial charge on any atom is -0.507 e. The van der Waals surface area contributed by atoms with E-state index in [1.807, 2.05) is 54.6 Å². The van der Waals surface area contributed by atoms with E-state index in [-0.39, 0.29) is 18.4 Å². The Morgan fingerprint density at radius 3 is 2.55 bits per heavy atom. The number of carbonyl (C=O) groups is 1. The van der Waals surface area contributed by atoms with Crippen LogP contribution < -0.4 is 14.4 Å². The highest BCUT2D eigenvalue weighted by Gasteiger charge is 2.39. The lowest BCUT2D eigenvalue weighted by atomic mass is 9.91. The zero-order chi connectivity index (χ0) is 21.2. The quantitative estimate of drug-likeness (QED) is 0.584. The van der Waals surface area contributed by atoms with Crippen LogP contribution >= 0.6 is 0 Å². The first-order valence-electron chi connectivity index (χ1n) is 10.4. The molecule has 3 aromatic rings. The second-order valence-corrected chi connectivity index (χ2v) is 7.64. The van der Waals surface area contributed by atoms with Gasteiger partial charge < -0.3 is 24.2 Å². The van der Waals surface area contributed by atoms with Gasteiger partial charge in [0.15, 0.2) is 11.5 Å². The van der Waals surface area contributed by atoms with E-state index in [9.17, 15) is 9.90 Å². The smallest absolute Gasteiger partial charge is 0.239 e. The maximum Gasteiger partial charge on any atom is 0.239 e. The zero-order valence-corrected chi connectivity index (χ0v) is 17.0. The molecule has 0 aliphatic carbocycles. The van der Waals surface area contributed by atoms with Gasteiger partial charge in [-0.2, -0.15) is 0 Å². The number of nitrogens with zero attached hydrogens (tertiary/aromatic N) is 1. The fourth-order valence-electron chi connectivity index (χ4n) is 4.18. The number of carbonyl (C=O) groups excluding carboxylic acids is 1. The molecule has 1 atom stereocenters. The lowest BCUT2D eigenvalue weighted by Crippen LogP contribution is -2.30. The maximum atomic E-state index is 13.4. The maximum absolute atomic E-state index is 13.4. The molecule has 0 radical (unpaired) electrons. The third-order valence-electron chi connectivity index (χ3n) is 5.67. The summed E-state index contributed by atoms with van der Waals surface area (Å²) < 4.78 is 16.6. The second kappa shape index (κ2) is 8.32. The van der Waals surface area contributed by atoms with Crippen molar-refractivity contribution in [2.24, 2.45) is 0 Å². The number of anilines is 1. The molecule has 158 valence electrons. The first-order valence-corrected chi connectivity index (χ1v) is 10.4. The van der Waals surface area contributed by atoms with E-state index in [0.29, 0.717) is 43.2 Å². The molecule has 0 saturated carbocycles. The topological polar surface area (TPSA) is 68.2 Å². The summed E-state index contributed by atoms with van der Waals surface area (Å²) in [5.74, 6) is 0.443. The number of hydrogen-bond donors (Lipinski definition) is 1. The Labute approximate surface area is 180 Å². The van der Waals surface area contributed by atoms with Gasteiger partial charge in [0, 0.05) is 30.5 Å². The third kappa shape index (κ3) is 3.70. The fraction of sp³-hybridized carbons (Fsp3) is 0.240. The van der Waals surface area contributed by atoms with Gasteiger partial charge in [-0.3, -0.25) is 4.79 Å². The van der Waals surface area contributed by atoms with Crippen molar-refractivity contribution in [3.63, 3.8) is 0 Å². The van der Waals surface area contributed by atoms with Crippen LogP contribution in [-0.4, -0.2) is 31.0 Å². The van der Waals surface area contributed by atoms with Crippen molar-refractivity contribution in [2.45, 2.75) is 18.9 Å². The Hall–Kier alpha value is -3.51. The summed E-state index contributed by atoms with van der Waals surface area (Å²) in [6.45, 7) is 1.77. The average molecular weight is 417 g/mol. The minimum atomic E-state index is -0.573. The molecule has 3 aromatic carbocycles. The number of fused-ring (bicyclic) bond motifs is 2. The predicted molar refractivity (Wildman–Crippen MR) is 116 cm³/mol. The van der Waals surface area contributed by atoms with Crippen molar-refractivity contribution in [3.05, 3.63) is 83.4 Å². The SMILES string of the molecule is O=C1C(c2cc3c(cc2O)OCO3)c2ccccc2N1CCCOCc1ccccc1. The van der Waals surface area contributed by atoms with Gasteiger partial charge in [0.1, 0.15) is 5.75 Å². The van der Waals surface area contributed by atoms with Gasteiger partial charge in [-0.05, 0) is 29.7 Å². The predicted octanol–water partition coefficient (Wildman–Crippen LogP) is 4.21. The van der Waals surface area contributed by atoms with E-state index in [0.717, 1.165) is 16.8 Å². The van der Waals surface area contributed by atoms with Crippen molar-refractivity contribution in [2.75, 3.05) is 24.8 Å². The number of para-hydroxylation sites is 1. The Kier molecular flexibility index (Phi) is 5.22. The average Bonchev–Trinajstić information content (AvgIpc) is 3.35. The molecular weight excluding hydrogens is 394 g/mol. The summed E-state index contributed by atoms with van der Waals surface area (Å²) in [5.41, 5.74) is 3.41. The lowest BCUT2D eigenvalue weighted by Gasteiger charge is -2.18. The van der Waals surface area contributed by atoms with Crippen LogP contribution in [0.25, 0.3) is 0 Å². The van der Waals surface area contributed by atoms with Crippen LogP contribution in [0, 0.1) is 0 Å². The van der Waals surface area contributed by atoms with E-state index in [1.54, 1.807) is 11.0 Å². The van der Waals surface area contributed by atoms with Gasteiger partial charge in [0.25, 0.3) is 0 Å². The zero-order valence-electron chi connectivity index (χ0n) is 17.0. The van der Waals surface area contributed by atoms with Gasteiger partial charge in [0.05, 0.1) is 12.5 Å². The largest absolute Gasteiger partial charge is 0.507 e. The number of rotatable bonds is 7. The molecule has 0 saturated heterocycles. The molecule has 2 heterocycles. The number of amides is 1. The molecule has 0 bridgehead atoms. The van der Waals surface area contributed by atoms with E-state index in [1.165, 1.54) is 6.07 Å². The van der Waals surface area contributed by atoms with Crippen LogP contribution in [0.15, 0.2) is 66.7 Å². The van der Waals surface area contributed by atoms with Gasteiger partial charge in [-0.1, -0.05) is 48.5 Å². The van der Waals surface area contributed by atoms with E-state index in [2.05, 4.69) is 0 Å². The number of benzene rings is 3. The highest BCUT2D eigenvalue weighted by molar-refractivity contribution is 6.07. The van der Waals surface area contributed by atoms with Crippen molar-refractivity contribution >= 4 is 11.6 Å². The molecule has 31 heavy (non-hydrogen) atoms. The van der Waals surface area contributed by atoms with Crippen LogP contribution in [0.4, 0.5) is 5.69 Å². The summed E-state index contributed by atoms with van der Waals surface area (Å²) in [7, 11) is 0. The summed E-state index contributed by atoms with van der Waals surface area (Å²) in [6, 6.07) is 21.0. The molecule has 0 fully saturated rings. The Balaban J connectivity index is 1.31. The monoisotopic (exact) mass is 417 g/mol. The number of aromatic hydroxyl groups is 1. The molecule has 1 unspecified atom stereocenters. The fourth-order valence-corrected chi connectivity index (χ4v) is 4.18. The van der Waals surface area contributed by atoms with Gasteiger partial charge in [-0.25, -0.2) is 0 Å². The van der Waals surface area contributed by atoms with Crippen molar-refractivity contribution in [1.29, 1.82) is 0 Å². The Bertz CT molecular complexity index is 1100. The molecule has 1 amide bonds. The van der Waals surface area contributed by atoms with Crippen molar-refractivity contribution in [3.8, 4) is 17.2 Å². The van der Waals surface area contributed by atoms with Crippen molar-refractivity contribution in [1.82, 2.24) is 0 Å². The molecule has 5 rings (SSSR count). The Morgan fingerprint density at radius 1 is 0.968 bits per heavy atom. The molecule has 6 nitrogen and oxygen atoms in total. The second-order valence-electron chi connectivity index (χ2n) is 7.64. The highest BCUT2D eigenvalue weighted by Crippen LogP contribution is 2.47. The van der Waals surface area contributed by atoms with E-state index in [4.69, 9.17) is 14.2 Å². The molecule has 1 N–H and O–H groups in total. The first-order chi connectivity index (χ1) is 15.2. The number of phenolic OH excluding ortho intramolecular Hbond substituents is 1. The molecular formula is C25H23NO5. The third-order valence-corrected chi connectivity index (χ3v) is 5.67. The van der Waals surface area contributed by atoms with E-state index >= 15 is 0 Å². The molecule has 0 aromatic heterocycles. The Morgan fingerprint density at radius 2 is 1.71 bits per heavy atom. The van der Waals surface area contributed by atoms with Crippen molar-refractivity contribution < 1.29 is 24.1 Å². The highest BCUT2D eigenvalue weighted by atomic mass is 16.7. The summed E-state index contributed by atoms with van der Waals surface area (Å²) >= 11 is 0. The van der Waals surface area contributed by atoms with Crippen LogP contribution in [0.3, 0.4) is 0 Å². The number of phenols is 1. The van der Waals surface area contributed by atoms with Crippen LogP contribution in [0.5, 0.6) is 17.2 Å². The van der Waals surface area contributed by atoms with Crippen LogP contribution in [0.1, 0.15) is 29.0 Å². The van der Waals surface area contributed by atoms with Gasteiger partial charge >= 0.3 is 0 Å². The molecule has 2 aliphatic heterocycles. The van der Waals surface area contributed by atoms with Crippen LogP contribution in [-0.2, 0) is 16.1 Å². The summed E-state index contributed by atoms with van der Waals surface area (Å²) in [6.07, 6.45) is 0.715. The molecule has 2 aliphatic rings. The first kappa shape index (κ1) is 19.5. The lowest BCUT2D eigenvalue weighted by molar-refractivity contribution is -0.118. The van der Waals surface area contributed by atoms with Crippen LogP contribution in [0.2, 0.25) is 0 Å². The molecule has 6 heteroatoms. The van der Waals surface area contributed by atoms with Gasteiger partial charge in [-0.15, -0.1) is 0 Å². The molecule has 0 spiro atoms. The van der Waals surface area contributed by atoms with E-state index < -0.39 is 5.92 Å². The number of ether oxygens (including phenoxy) is 3. The normalized spacial score (nSPS) is 16.6. The summed E-state index contributed by atoms with van der Waals surface area (Å²) in [5, 5.41) is 10.6. The number of hydrogen-bond acceptors (Lipinski definition) is 5. The standard InChI is InChI=1S/C25H23NO5/c27-21-14-23-22(30-16-31-23)13-19(21)24-18-9-4-5-10-20(18)26(25(24)28)11-6-12-29-15-17-7-2-1-3-8-17/h1-5,7-10,13-14,24,27H,6,11-12,15-16H2. The minimum absolute atomic E-state index is 0.0328. The summed E-state index contributed by atoms with van der Waals surface area (Å²) in [4.78, 5) is 15.2.